The Morgan fingerprint density at radius 1 is 1.19 bits per heavy atom. The van der Waals surface area contributed by atoms with Crippen molar-refractivity contribution in [1.82, 2.24) is 5.32 Å². The Bertz CT molecular complexity index is 599. The SMILES string of the molecule is COCC/C(=C\c1ccccc1)C1CC1NC1CCC2(CC1)OCCO2. The van der Waals surface area contributed by atoms with Crippen LogP contribution in [0.2, 0.25) is 0 Å². The first kappa shape index (κ1) is 18.2. The van der Waals surface area contributed by atoms with E-state index in [9.17, 15) is 0 Å². The molecule has 4 rings (SSSR count). The van der Waals surface area contributed by atoms with Gasteiger partial charge in [-0.2, -0.15) is 0 Å². The fourth-order valence-electron chi connectivity index (χ4n) is 4.45. The van der Waals surface area contributed by atoms with Gasteiger partial charge in [0, 0.05) is 38.6 Å². The van der Waals surface area contributed by atoms with E-state index in [0.29, 0.717) is 18.0 Å². The predicted molar refractivity (Wildman–Crippen MR) is 103 cm³/mol. The first-order valence-corrected chi connectivity index (χ1v) is 10.1. The van der Waals surface area contributed by atoms with E-state index in [4.69, 9.17) is 14.2 Å². The van der Waals surface area contributed by atoms with E-state index in [-0.39, 0.29) is 5.79 Å². The molecule has 0 amide bonds. The molecule has 2 saturated carbocycles. The zero-order valence-corrected chi connectivity index (χ0v) is 15.8. The topological polar surface area (TPSA) is 39.7 Å². The quantitative estimate of drug-likeness (QED) is 0.806. The lowest BCUT2D eigenvalue weighted by Gasteiger charge is -2.35. The molecule has 4 nitrogen and oxygen atoms in total. The van der Waals surface area contributed by atoms with Crippen LogP contribution in [0, 0.1) is 5.92 Å². The first-order valence-electron chi connectivity index (χ1n) is 10.1. The molecule has 142 valence electrons. The summed E-state index contributed by atoms with van der Waals surface area (Å²) in [6.07, 6.45) is 8.98. The molecule has 4 heteroatoms. The molecule has 26 heavy (non-hydrogen) atoms. The van der Waals surface area contributed by atoms with Crippen molar-refractivity contribution in [2.45, 2.75) is 56.4 Å². The van der Waals surface area contributed by atoms with Crippen LogP contribution in [0.1, 0.15) is 44.1 Å². The van der Waals surface area contributed by atoms with Gasteiger partial charge in [0.15, 0.2) is 5.79 Å². The Balaban J connectivity index is 1.31. The molecule has 3 aliphatic rings. The van der Waals surface area contributed by atoms with Crippen LogP contribution >= 0.6 is 0 Å². The highest BCUT2D eigenvalue weighted by Crippen LogP contribution is 2.42. The molecule has 0 aromatic heterocycles. The number of hydrogen-bond acceptors (Lipinski definition) is 4. The summed E-state index contributed by atoms with van der Waals surface area (Å²) in [6, 6.07) is 11.9. The maximum absolute atomic E-state index is 5.85. The van der Waals surface area contributed by atoms with Gasteiger partial charge in [-0.15, -0.1) is 0 Å². The molecule has 1 aliphatic heterocycles. The lowest BCUT2D eigenvalue weighted by atomic mass is 9.90. The lowest BCUT2D eigenvalue weighted by Crippen LogP contribution is -2.43. The van der Waals surface area contributed by atoms with Crippen LogP contribution in [0.5, 0.6) is 0 Å². The van der Waals surface area contributed by atoms with Gasteiger partial charge in [-0.25, -0.2) is 0 Å². The van der Waals surface area contributed by atoms with Crippen molar-refractivity contribution in [3.8, 4) is 0 Å². The van der Waals surface area contributed by atoms with Crippen molar-refractivity contribution in [3.63, 3.8) is 0 Å². The number of rotatable bonds is 7. The van der Waals surface area contributed by atoms with Crippen molar-refractivity contribution < 1.29 is 14.2 Å². The number of ether oxygens (including phenoxy) is 3. The first-order chi connectivity index (χ1) is 12.8. The lowest BCUT2D eigenvalue weighted by molar-refractivity contribution is -0.179. The maximum atomic E-state index is 5.85. The smallest absolute Gasteiger partial charge is 0.168 e. The van der Waals surface area contributed by atoms with Crippen molar-refractivity contribution in [2.75, 3.05) is 26.9 Å². The summed E-state index contributed by atoms with van der Waals surface area (Å²) in [5.74, 6) is 0.401. The molecule has 2 unspecified atom stereocenters. The van der Waals surface area contributed by atoms with E-state index in [1.165, 1.54) is 17.6 Å². The number of nitrogens with one attached hydrogen (secondary N) is 1. The molecule has 3 fully saturated rings. The molecule has 1 saturated heterocycles. The van der Waals surface area contributed by atoms with E-state index in [1.54, 1.807) is 7.11 Å². The van der Waals surface area contributed by atoms with Crippen LogP contribution in [-0.2, 0) is 14.2 Å². The molecule has 1 aromatic carbocycles. The zero-order chi connectivity index (χ0) is 17.8. The Morgan fingerprint density at radius 3 is 2.62 bits per heavy atom. The monoisotopic (exact) mass is 357 g/mol. The summed E-state index contributed by atoms with van der Waals surface area (Å²) in [6.45, 7) is 2.31. The Kier molecular flexibility index (Phi) is 5.75. The second kappa shape index (κ2) is 8.22. The van der Waals surface area contributed by atoms with Gasteiger partial charge < -0.3 is 19.5 Å². The third-order valence-corrected chi connectivity index (χ3v) is 6.02. The molecular weight excluding hydrogens is 326 g/mol. The van der Waals surface area contributed by atoms with Gasteiger partial charge in [-0.3, -0.25) is 0 Å². The van der Waals surface area contributed by atoms with Crippen molar-refractivity contribution in [2.24, 2.45) is 5.92 Å². The van der Waals surface area contributed by atoms with Crippen LogP contribution in [0.25, 0.3) is 6.08 Å². The highest BCUT2D eigenvalue weighted by atomic mass is 16.7. The summed E-state index contributed by atoms with van der Waals surface area (Å²) in [4.78, 5) is 0. The largest absolute Gasteiger partial charge is 0.384 e. The predicted octanol–water partition coefficient (Wildman–Crippen LogP) is 3.77. The second-order valence-electron chi connectivity index (χ2n) is 7.87. The molecule has 1 N–H and O–H groups in total. The summed E-state index contributed by atoms with van der Waals surface area (Å²) in [5, 5.41) is 3.90. The summed E-state index contributed by atoms with van der Waals surface area (Å²) >= 11 is 0. The minimum absolute atomic E-state index is 0.252. The van der Waals surface area contributed by atoms with Gasteiger partial charge in [-0.1, -0.05) is 42.0 Å². The standard InChI is InChI=1S/C22H31NO3/c1-24-12-9-18(15-17-5-3-2-4-6-17)20-16-21(20)23-19-7-10-22(11-8-19)25-13-14-26-22/h2-6,15,19-21,23H,7-14,16H2,1H3/b18-15+. The third kappa shape index (κ3) is 4.37. The van der Waals surface area contributed by atoms with E-state index in [1.807, 2.05) is 0 Å². The minimum Gasteiger partial charge on any atom is -0.384 e. The zero-order valence-electron chi connectivity index (χ0n) is 15.8. The van der Waals surface area contributed by atoms with Gasteiger partial charge in [-0.05, 0) is 37.2 Å². The maximum Gasteiger partial charge on any atom is 0.168 e. The number of hydrogen-bond donors (Lipinski definition) is 1. The second-order valence-corrected chi connectivity index (χ2v) is 7.87. The molecular formula is C22H31NO3. The summed E-state index contributed by atoms with van der Waals surface area (Å²) in [7, 11) is 1.79. The molecule has 2 aliphatic carbocycles. The molecule has 1 heterocycles. The number of methoxy groups -OCH3 is 1. The van der Waals surface area contributed by atoms with Crippen LogP contribution in [0.15, 0.2) is 35.9 Å². The fraction of sp³-hybridized carbons (Fsp3) is 0.636. The Labute approximate surface area is 156 Å². The van der Waals surface area contributed by atoms with Gasteiger partial charge >= 0.3 is 0 Å². The van der Waals surface area contributed by atoms with Crippen LogP contribution in [0.4, 0.5) is 0 Å². The van der Waals surface area contributed by atoms with E-state index in [0.717, 1.165) is 51.9 Å². The van der Waals surface area contributed by atoms with E-state index < -0.39 is 0 Å². The van der Waals surface area contributed by atoms with Gasteiger partial charge in [0.25, 0.3) is 0 Å². The Hall–Kier alpha value is -1.20. The average Bonchev–Trinajstić information content (AvgIpc) is 3.29. The van der Waals surface area contributed by atoms with Gasteiger partial charge in [0.2, 0.25) is 0 Å². The summed E-state index contributed by atoms with van der Waals surface area (Å²) < 4.78 is 17.0. The molecule has 2 atom stereocenters. The minimum atomic E-state index is -0.252. The highest BCUT2D eigenvalue weighted by molar-refractivity contribution is 5.54. The van der Waals surface area contributed by atoms with Crippen molar-refractivity contribution in [1.29, 1.82) is 0 Å². The van der Waals surface area contributed by atoms with E-state index >= 15 is 0 Å². The van der Waals surface area contributed by atoms with Crippen molar-refractivity contribution >= 4 is 6.08 Å². The molecule has 1 spiro atoms. The van der Waals surface area contributed by atoms with Gasteiger partial charge in [0.05, 0.1) is 13.2 Å². The molecule has 0 radical (unpaired) electrons. The van der Waals surface area contributed by atoms with Crippen molar-refractivity contribution in [3.05, 3.63) is 41.5 Å². The normalized spacial score (nSPS) is 28.6. The average molecular weight is 357 g/mol. The van der Waals surface area contributed by atoms with Gasteiger partial charge in [0.1, 0.15) is 0 Å². The molecule has 0 bridgehead atoms. The summed E-state index contributed by atoms with van der Waals surface area (Å²) in [5.41, 5.74) is 2.81. The highest BCUT2D eigenvalue weighted by Gasteiger charge is 2.44. The van der Waals surface area contributed by atoms with Crippen LogP contribution < -0.4 is 5.32 Å². The van der Waals surface area contributed by atoms with Crippen LogP contribution in [0.3, 0.4) is 0 Å². The molecule has 1 aromatic rings. The third-order valence-electron chi connectivity index (χ3n) is 6.02. The number of benzene rings is 1. The Morgan fingerprint density at radius 2 is 1.92 bits per heavy atom. The van der Waals surface area contributed by atoms with E-state index in [2.05, 4.69) is 41.7 Å². The fourth-order valence-corrected chi connectivity index (χ4v) is 4.45. The van der Waals surface area contributed by atoms with Crippen LogP contribution in [-0.4, -0.2) is 44.8 Å².